The summed E-state index contributed by atoms with van der Waals surface area (Å²) in [6, 6.07) is 21.6. The minimum atomic E-state index is -0.748. The van der Waals surface area contributed by atoms with Gasteiger partial charge in [0.1, 0.15) is 11.8 Å². The number of ether oxygens (including phenoxy) is 1. The Morgan fingerprint density at radius 2 is 1.47 bits per heavy atom. The molecular formula is C25H25N3O4. The number of para-hydroxylation sites is 1. The molecule has 0 heterocycles. The molecule has 3 aromatic rings. The van der Waals surface area contributed by atoms with E-state index in [2.05, 4.69) is 16.0 Å². The van der Waals surface area contributed by atoms with E-state index >= 15 is 0 Å². The van der Waals surface area contributed by atoms with Gasteiger partial charge in [-0.1, -0.05) is 37.3 Å². The van der Waals surface area contributed by atoms with Crippen molar-refractivity contribution in [3.05, 3.63) is 90.0 Å². The van der Waals surface area contributed by atoms with Gasteiger partial charge < -0.3 is 20.7 Å². The second-order valence-electron chi connectivity index (χ2n) is 7.02. The van der Waals surface area contributed by atoms with Gasteiger partial charge in [-0.2, -0.15) is 0 Å². The Morgan fingerprint density at radius 3 is 2.12 bits per heavy atom. The van der Waals surface area contributed by atoms with Crippen molar-refractivity contribution in [2.45, 2.75) is 19.4 Å². The molecule has 32 heavy (non-hydrogen) atoms. The van der Waals surface area contributed by atoms with Gasteiger partial charge in [0.2, 0.25) is 5.91 Å². The maximum atomic E-state index is 12.9. The van der Waals surface area contributed by atoms with Gasteiger partial charge in [0.25, 0.3) is 11.8 Å². The molecule has 0 saturated heterocycles. The third-order valence-electron chi connectivity index (χ3n) is 4.84. The van der Waals surface area contributed by atoms with Gasteiger partial charge in [-0.25, -0.2) is 0 Å². The van der Waals surface area contributed by atoms with Gasteiger partial charge in [-0.15, -0.1) is 0 Å². The minimum absolute atomic E-state index is 0.271. The maximum absolute atomic E-state index is 12.9. The summed E-state index contributed by atoms with van der Waals surface area (Å²) in [5.41, 5.74) is 1.71. The first kappa shape index (κ1) is 22.6. The predicted octanol–water partition coefficient (Wildman–Crippen LogP) is 4.09. The zero-order chi connectivity index (χ0) is 22.9. The van der Waals surface area contributed by atoms with Crippen molar-refractivity contribution in [3.63, 3.8) is 0 Å². The highest BCUT2D eigenvalue weighted by molar-refractivity contribution is 6.10. The van der Waals surface area contributed by atoms with Crippen molar-refractivity contribution in [3.8, 4) is 5.75 Å². The molecule has 0 aliphatic heterocycles. The average molecular weight is 431 g/mol. The highest BCUT2D eigenvalue weighted by Gasteiger charge is 2.22. The Balaban J connectivity index is 1.69. The van der Waals surface area contributed by atoms with E-state index in [1.165, 1.54) is 0 Å². The number of hydrogen-bond donors (Lipinski definition) is 3. The summed E-state index contributed by atoms with van der Waals surface area (Å²) < 4.78 is 5.11. The van der Waals surface area contributed by atoms with Crippen molar-refractivity contribution < 1.29 is 19.1 Å². The summed E-state index contributed by atoms with van der Waals surface area (Å²) in [7, 11) is 1.57. The van der Waals surface area contributed by atoms with E-state index in [0.29, 0.717) is 29.1 Å². The number of anilines is 2. The normalized spacial score (nSPS) is 11.2. The van der Waals surface area contributed by atoms with E-state index in [4.69, 9.17) is 4.74 Å². The van der Waals surface area contributed by atoms with E-state index in [-0.39, 0.29) is 17.4 Å². The van der Waals surface area contributed by atoms with E-state index < -0.39 is 11.9 Å². The first-order chi connectivity index (χ1) is 15.5. The molecule has 0 unspecified atom stereocenters. The minimum Gasteiger partial charge on any atom is -0.497 e. The monoisotopic (exact) mass is 431 g/mol. The van der Waals surface area contributed by atoms with Gasteiger partial charge in [-0.3, -0.25) is 14.4 Å². The van der Waals surface area contributed by atoms with Crippen molar-refractivity contribution in [2.75, 3.05) is 17.7 Å². The molecule has 0 radical (unpaired) electrons. The molecule has 3 amide bonds. The molecule has 0 aliphatic carbocycles. The molecule has 0 aromatic heterocycles. The second kappa shape index (κ2) is 10.8. The predicted molar refractivity (Wildman–Crippen MR) is 124 cm³/mol. The first-order valence-electron chi connectivity index (χ1n) is 10.2. The van der Waals surface area contributed by atoms with Crippen LogP contribution in [-0.4, -0.2) is 30.9 Å². The highest BCUT2D eigenvalue weighted by atomic mass is 16.5. The SMILES string of the molecule is CC[C@@H](NC(=O)c1ccccc1NC(=O)c1ccccc1)C(=O)Nc1ccc(OC)cc1. The van der Waals surface area contributed by atoms with E-state index in [9.17, 15) is 14.4 Å². The van der Waals surface area contributed by atoms with Crippen LogP contribution in [0.15, 0.2) is 78.9 Å². The Hall–Kier alpha value is -4.13. The number of nitrogens with one attached hydrogen (secondary N) is 3. The van der Waals surface area contributed by atoms with Crippen LogP contribution in [0.5, 0.6) is 5.75 Å². The number of carbonyl (C=O) groups is 3. The van der Waals surface area contributed by atoms with Crippen molar-refractivity contribution in [1.82, 2.24) is 5.32 Å². The van der Waals surface area contributed by atoms with E-state index in [1.807, 2.05) is 13.0 Å². The van der Waals surface area contributed by atoms with Crippen LogP contribution in [0.1, 0.15) is 34.1 Å². The fourth-order valence-corrected chi connectivity index (χ4v) is 3.07. The van der Waals surface area contributed by atoms with Crippen molar-refractivity contribution in [2.24, 2.45) is 0 Å². The summed E-state index contributed by atoms with van der Waals surface area (Å²) in [6.07, 6.45) is 0.395. The lowest BCUT2D eigenvalue weighted by Crippen LogP contribution is -2.43. The zero-order valence-electron chi connectivity index (χ0n) is 17.9. The molecule has 0 aliphatic rings. The van der Waals surface area contributed by atoms with Crippen LogP contribution in [0.4, 0.5) is 11.4 Å². The maximum Gasteiger partial charge on any atom is 0.255 e. The van der Waals surface area contributed by atoms with Crippen LogP contribution in [0.2, 0.25) is 0 Å². The summed E-state index contributed by atoms with van der Waals surface area (Å²) >= 11 is 0. The fraction of sp³-hybridized carbons (Fsp3) is 0.160. The number of rotatable bonds is 8. The standard InChI is InChI=1S/C25H25N3O4/c1-3-21(25(31)26-18-13-15-19(32-2)16-14-18)27-24(30)20-11-7-8-12-22(20)28-23(29)17-9-5-4-6-10-17/h4-16,21H,3H2,1-2H3,(H,26,31)(H,27,30)(H,28,29)/t21-/m1/s1. The molecular weight excluding hydrogens is 406 g/mol. The summed E-state index contributed by atoms with van der Waals surface area (Å²) in [6.45, 7) is 1.81. The van der Waals surface area contributed by atoms with Gasteiger partial charge in [-0.05, 0) is 55.0 Å². The summed E-state index contributed by atoms with van der Waals surface area (Å²) in [4.78, 5) is 38.1. The highest BCUT2D eigenvalue weighted by Crippen LogP contribution is 2.18. The lowest BCUT2D eigenvalue weighted by atomic mass is 10.1. The van der Waals surface area contributed by atoms with Gasteiger partial charge in [0.15, 0.2) is 0 Å². The Kier molecular flexibility index (Phi) is 7.59. The lowest BCUT2D eigenvalue weighted by Gasteiger charge is -2.18. The molecule has 0 fully saturated rings. The Morgan fingerprint density at radius 1 is 0.812 bits per heavy atom. The van der Waals surface area contributed by atoms with Gasteiger partial charge in [0.05, 0.1) is 18.4 Å². The summed E-state index contributed by atoms with van der Waals surface area (Å²) in [5.74, 6) is -0.435. The zero-order valence-corrected chi connectivity index (χ0v) is 17.9. The number of amides is 3. The molecule has 0 spiro atoms. The summed E-state index contributed by atoms with van der Waals surface area (Å²) in [5, 5.41) is 8.31. The largest absolute Gasteiger partial charge is 0.497 e. The topological polar surface area (TPSA) is 96.5 Å². The number of carbonyl (C=O) groups excluding carboxylic acids is 3. The van der Waals surface area contributed by atoms with Crippen LogP contribution in [0.25, 0.3) is 0 Å². The van der Waals surface area contributed by atoms with Crippen molar-refractivity contribution >= 4 is 29.1 Å². The molecule has 1 atom stereocenters. The Labute approximate surface area is 186 Å². The molecule has 0 saturated carbocycles. The smallest absolute Gasteiger partial charge is 0.255 e. The fourth-order valence-electron chi connectivity index (χ4n) is 3.07. The quantitative estimate of drug-likeness (QED) is 0.500. The van der Waals surface area contributed by atoms with Gasteiger partial charge >= 0.3 is 0 Å². The molecule has 3 rings (SSSR count). The van der Waals surface area contributed by atoms with Crippen LogP contribution >= 0.6 is 0 Å². The number of benzene rings is 3. The van der Waals surface area contributed by atoms with Crippen LogP contribution < -0.4 is 20.7 Å². The second-order valence-corrected chi connectivity index (χ2v) is 7.02. The van der Waals surface area contributed by atoms with Crippen LogP contribution in [-0.2, 0) is 4.79 Å². The van der Waals surface area contributed by atoms with Crippen LogP contribution in [0, 0.1) is 0 Å². The van der Waals surface area contributed by atoms with Crippen LogP contribution in [0.3, 0.4) is 0 Å². The Bertz CT molecular complexity index is 1080. The molecule has 7 heteroatoms. The molecule has 7 nitrogen and oxygen atoms in total. The number of hydrogen-bond acceptors (Lipinski definition) is 4. The van der Waals surface area contributed by atoms with Gasteiger partial charge in [0, 0.05) is 11.3 Å². The third kappa shape index (κ3) is 5.72. The molecule has 0 bridgehead atoms. The average Bonchev–Trinajstić information content (AvgIpc) is 2.83. The molecule has 164 valence electrons. The molecule has 3 aromatic carbocycles. The number of methoxy groups -OCH3 is 1. The molecule has 3 N–H and O–H groups in total. The lowest BCUT2D eigenvalue weighted by molar-refractivity contribution is -0.118. The van der Waals surface area contributed by atoms with E-state index in [1.54, 1.807) is 79.9 Å². The first-order valence-corrected chi connectivity index (χ1v) is 10.2. The van der Waals surface area contributed by atoms with Crippen molar-refractivity contribution in [1.29, 1.82) is 0 Å². The van der Waals surface area contributed by atoms with E-state index in [0.717, 1.165) is 0 Å². The third-order valence-corrected chi connectivity index (χ3v) is 4.84.